The van der Waals surface area contributed by atoms with E-state index >= 15 is 0 Å². The predicted octanol–water partition coefficient (Wildman–Crippen LogP) is 2.19. The maximum atomic E-state index is 12.1. The van der Waals surface area contributed by atoms with Crippen molar-refractivity contribution in [3.05, 3.63) is 22.4 Å². The summed E-state index contributed by atoms with van der Waals surface area (Å²) in [6.07, 6.45) is 2.77. The van der Waals surface area contributed by atoms with Crippen molar-refractivity contribution in [3.63, 3.8) is 0 Å². The second-order valence-corrected chi connectivity index (χ2v) is 5.19. The van der Waals surface area contributed by atoms with E-state index in [2.05, 4.69) is 25.8 Å². The number of nitrogens with one attached hydrogen (secondary N) is 1. The Morgan fingerprint density at radius 2 is 2.12 bits per heavy atom. The van der Waals surface area contributed by atoms with Crippen LogP contribution in [0.5, 0.6) is 0 Å². The number of carbonyl (C=O) groups is 1. The van der Waals surface area contributed by atoms with Gasteiger partial charge >= 0.3 is 0 Å². The summed E-state index contributed by atoms with van der Waals surface area (Å²) in [5, 5.41) is 0. The first-order valence-corrected chi connectivity index (χ1v) is 6.61. The Labute approximate surface area is 111 Å². The maximum absolute atomic E-state index is 12.1. The average Bonchev–Trinajstić information content (AvgIpc) is 2.70. The topological polar surface area (TPSA) is 39.3 Å². The van der Waals surface area contributed by atoms with Crippen LogP contribution in [0.25, 0.3) is 0 Å². The molecule has 0 aliphatic rings. The molecular formula is C12H20BrN3O. The number of nitrogens with zero attached hydrogens (tertiary/aromatic N) is 2. The number of hydrogen-bond acceptors (Lipinski definition) is 2. The lowest BCUT2D eigenvalue weighted by molar-refractivity contribution is 0.0754. The molecule has 1 heterocycles. The standard InChI is InChI=1S/C12H20BrN3O/c1-4-16(7-5-6-15(2)3)12(17)11-8-10(13)9-14-11/h8-9,14H,4-7H2,1-3H3. The summed E-state index contributed by atoms with van der Waals surface area (Å²) in [4.78, 5) is 19.1. The van der Waals surface area contributed by atoms with E-state index in [1.165, 1.54) is 0 Å². The zero-order chi connectivity index (χ0) is 12.8. The van der Waals surface area contributed by atoms with Crippen LogP contribution in [0.1, 0.15) is 23.8 Å². The van der Waals surface area contributed by atoms with Gasteiger partial charge in [-0.1, -0.05) is 0 Å². The normalized spacial score (nSPS) is 10.9. The molecule has 0 fully saturated rings. The molecule has 1 rings (SSSR count). The molecule has 0 saturated carbocycles. The highest BCUT2D eigenvalue weighted by molar-refractivity contribution is 9.10. The molecule has 5 heteroatoms. The third-order valence-electron chi connectivity index (χ3n) is 2.58. The first-order valence-electron chi connectivity index (χ1n) is 5.82. The second kappa shape index (κ2) is 6.81. The summed E-state index contributed by atoms with van der Waals surface area (Å²) < 4.78 is 0.908. The Morgan fingerprint density at radius 1 is 1.41 bits per heavy atom. The summed E-state index contributed by atoms with van der Waals surface area (Å²) in [6, 6.07) is 1.82. The van der Waals surface area contributed by atoms with Crippen LogP contribution in [0.15, 0.2) is 16.7 Å². The molecule has 4 nitrogen and oxygen atoms in total. The van der Waals surface area contributed by atoms with Crippen molar-refractivity contribution in [3.8, 4) is 0 Å². The van der Waals surface area contributed by atoms with Crippen LogP contribution in [0.4, 0.5) is 0 Å². The van der Waals surface area contributed by atoms with E-state index in [1.54, 1.807) is 6.20 Å². The SMILES string of the molecule is CCN(CCCN(C)C)C(=O)c1cc(Br)c[nH]1. The fraction of sp³-hybridized carbons (Fsp3) is 0.583. The highest BCUT2D eigenvalue weighted by Crippen LogP contribution is 2.12. The van der Waals surface area contributed by atoms with Crippen LogP contribution in [0.3, 0.4) is 0 Å². The first-order chi connectivity index (χ1) is 8.04. The molecule has 1 aromatic rings. The summed E-state index contributed by atoms with van der Waals surface area (Å²) in [5.41, 5.74) is 0.642. The Morgan fingerprint density at radius 3 is 2.59 bits per heavy atom. The predicted molar refractivity (Wildman–Crippen MR) is 73.2 cm³/mol. The average molecular weight is 302 g/mol. The van der Waals surface area contributed by atoms with Gasteiger partial charge in [0.2, 0.25) is 0 Å². The minimum Gasteiger partial charge on any atom is -0.356 e. The summed E-state index contributed by atoms with van der Waals surface area (Å²) in [6.45, 7) is 4.54. The third-order valence-corrected chi connectivity index (χ3v) is 3.04. The smallest absolute Gasteiger partial charge is 0.270 e. The molecule has 0 saturated heterocycles. The van der Waals surface area contributed by atoms with E-state index in [1.807, 2.05) is 32.0 Å². The lowest BCUT2D eigenvalue weighted by Crippen LogP contribution is -2.33. The van der Waals surface area contributed by atoms with E-state index in [9.17, 15) is 4.79 Å². The summed E-state index contributed by atoms with van der Waals surface area (Å²) in [5.74, 6) is 0.0666. The van der Waals surface area contributed by atoms with Crippen LogP contribution in [-0.4, -0.2) is 54.4 Å². The van der Waals surface area contributed by atoms with Crippen molar-refractivity contribution in [2.45, 2.75) is 13.3 Å². The quantitative estimate of drug-likeness (QED) is 0.875. The number of amides is 1. The monoisotopic (exact) mass is 301 g/mol. The Bertz CT molecular complexity index is 362. The molecular weight excluding hydrogens is 282 g/mol. The molecule has 96 valence electrons. The first kappa shape index (κ1) is 14.3. The number of halogens is 1. The minimum absolute atomic E-state index is 0.0666. The van der Waals surface area contributed by atoms with Gasteiger partial charge in [-0.3, -0.25) is 4.79 Å². The van der Waals surface area contributed by atoms with Crippen molar-refractivity contribution in [1.82, 2.24) is 14.8 Å². The highest BCUT2D eigenvalue weighted by Gasteiger charge is 2.15. The van der Waals surface area contributed by atoms with E-state index in [-0.39, 0.29) is 5.91 Å². The molecule has 1 aromatic heterocycles. The van der Waals surface area contributed by atoms with Crippen LogP contribution >= 0.6 is 15.9 Å². The van der Waals surface area contributed by atoms with Crippen molar-refractivity contribution >= 4 is 21.8 Å². The zero-order valence-electron chi connectivity index (χ0n) is 10.7. The van der Waals surface area contributed by atoms with Crippen molar-refractivity contribution in [1.29, 1.82) is 0 Å². The van der Waals surface area contributed by atoms with Gasteiger partial charge in [-0.05, 0) is 56.0 Å². The van der Waals surface area contributed by atoms with Gasteiger partial charge in [0.25, 0.3) is 5.91 Å². The zero-order valence-corrected chi connectivity index (χ0v) is 12.2. The number of rotatable bonds is 6. The van der Waals surface area contributed by atoms with Crippen molar-refractivity contribution in [2.24, 2.45) is 0 Å². The van der Waals surface area contributed by atoms with Gasteiger partial charge in [0.05, 0.1) is 0 Å². The number of aromatic amines is 1. The van der Waals surface area contributed by atoms with Gasteiger partial charge in [0.15, 0.2) is 0 Å². The van der Waals surface area contributed by atoms with Crippen LogP contribution in [0.2, 0.25) is 0 Å². The van der Waals surface area contributed by atoms with Gasteiger partial charge in [-0.15, -0.1) is 0 Å². The largest absolute Gasteiger partial charge is 0.356 e. The fourth-order valence-electron chi connectivity index (χ4n) is 1.64. The number of carbonyl (C=O) groups excluding carboxylic acids is 1. The number of hydrogen-bond donors (Lipinski definition) is 1. The van der Waals surface area contributed by atoms with Gasteiger partial charge in [0.1, 0.15) is 5.69 Å². The molecule has 1 N–H and O–H groups in total. The van der Waals surface area contributed by atoms with Gasteiger partial charge in [0, 0.05) is 23.8 Å². The molecule has 0 aliphatic carbocycles. The summed E-state index contributed by atoms with van der Waals surface area (Å²) in [7, 11) is 4.08. The Kier molecular flexibility index (Phi) is 5.71. The van der Waals surface area contributed by atoms with E-state index in [4.69, 9.17) is 0 Å². The van der Waals surface area contributed by atoms with Crippen molar-refractivity contribution < 1.29 is 4.79 Å². The van der Waals surface area contributed by atoms with Crippen LogP contribution < -0.4 is 0 Å². The number of aromatic nitrogens is 1. The maximum Gasteiger partial charge on any atom is 0.270 e. The van der Waals surface area contributed by atoms with Gasteiger partial charge in [-0.2, -0.15) is 0 Å². The molecule has 0 aromatic carbocycles. The fourth-order valence-corrected chi connectivity index (χ4v) is 1.99. The van der Waals surface area contributed by atoms with Crippen LogP contribution in [-0.2, 0) is 0 Å². The molecule has 0 unspecified atom stereocenters. The molecule has 0 radical (unpaired) electrons. The van der Waals surface area contributed by atoms with E-state index in [0.717, 1.165) is 30.5 Å². The lowest BCUT2D eigenvalue weighted by Gasteiger charge is -2.21. The summed E-state index contributed by atoms with van der Waals surface area (Å²) >= 11 is 3.33. The highest BCUT2D eigenvalue weighted by atomic mass is 79.9. The molecule has 0 bridgehead atoms. The van der Waals surface area contributed by atoms with Crippen molar-refractivity contribution in [2.75, 3.05) is 33.7 Å². The number of H-pyrrole nitrogens is 1. The minimum atomic E-state index is 0.0666. The molecule has 17 heavy (non-hydrogen) atoms. The van der Waals surface area contributed by atoms with E-state index < -0.39 is 0 Å². The molecule has 0 spiro atoms. The molecule has 0 atom stereocenters. The van der Waals surface area contributed by atoms with E-state index in [0.29, 0.717) is 5.69 Å². The Balaban J connectivity index is 2.52. The van der Waals surface area contributed by atoms with Gasteiger partial charge in [-0.25, -0.2) is 0 Å². The lowest BCUT2D eigenvalue weighted by atomic mass is 10.3. The van der Waals surface area contributed by atoms with Crippen LogP contribution in [0, 0.1) is 0 Å². The Hall–Kier alpha value is -0.810. The second-order valence-electron chi connectivity index (χ2n) is 4.27. The molecule has 0 aliphatic heterocycles. The third kappa shape index (κ3) is 4.52. The molecule has 1 amide bonds. The van der Waals surface area contributed by atoms with Gasteiger partial charge < -0.3 is 14.8 Å².